The standard InChI is InChI=1S/C19H21F2NO2/c1-13(18(23)12-14-5-3-2-4-6-14)22-19(24)10-8-15-7-9-16(20)17(21)11-15/h2-7,9,11,13,18,23H,8,10,12H2,1H3,(H,22,24). The summed E-state index contributed by atoms with van der Waals surface area (Å²) in [5.74, 6) is -2.06. The highest BCUT2D eigenvalue weighted by Crippen LogP contribution is 2.11. The first-order valence-corrected chi connectivity index (χ1v) is 7.91. The molecule has 0 aliphatic carbocycles. The molecular formula is C19H21F2NO2. The second-order valence-corrected chi connectivity index (χ2v) is 5.86. The summed E-state index contributed by atoms with van der Waals surface area (Å²) in [7, 11) is 0. The summed E-state index contributed by atoms with van der Waals surface area (Å²) in [6, 6.07) is 12.7. The zero-order valence-corrected chi connectivity index (χ0v) is 13.5. The van der Waals surface area contributed by atoms with Gasteiger partial charge in [0.2, 0.25) is 5.91 Å². The maximum Gasteiger partial charge on any atom is 0.220 e. The Hall–Kier alpha value is -2.27. The van der Waals surface area contributed by atoms with Gasteiger partial charge >= 0.3 is 0 Å². The predicted molar refractivity (Wildman–Crippen MR) is 88.4 cm³/mol. The molecular weight excluding hydrogens is 312 g/mol. The Morgan fingerprint density at radius 2 is 1.79 bits per heavy atom. The van der Waals surface area contributed by atoms with Gasteiger partial charge in [-0.05, 0) is 36.6 Å². The number of aliphatic hydroxyl groups is 1. The normalized spacial score (nSPS) is 13.3. The van der Waals surface area contributed by atoms with Crippen molar-refractivity contribution in [1.29, 1.82) is 0 Å². The van der Waals surface area contributed by atoms with E-state index >= 15 is 0 Å². The van der Waals surface area contributed by atoms with E-state index in [1.165, 1.54) is 6.07 Å². The number of rotatable bonds is 7. The van der Waals surface area contributed by atoms with E-state index in [0.717, 1.165) is 17.7 Å². The Kier molecular flexibility index (Phi) is 6.44. The van der Waals surface area contributed by atoms with E-state index in [1.54, 1.807) is 6.92 Å². The lowest BCUT2D eigenvalue weighted by Crippen LogP contribution is -2.42. The molecule has 3 nitrogen and oxygen atoms in total. The van der Waals surface area contributed by atoms with Gasteiger partial charge in [-0.3, -0.25) is 4.79 Å². The van der Waals surface area contributed by atoms with Gasteiger partial charge in [0.15, 0.2) is 11.6 Å². The Morgan fingerprint density at radius 3 is 2.46 bits per heavy atom. The van der Waals surface area contributed by atoms with Crippen molar-refractivity contribution in [1.82, 2.24) is 5.32 Å². The number of carbonyl (C=O) groups excluding carboxylic acids is 1. The van der Waals surface area contributed by atoms with Crippen LogP contribution in [0, 0.1) is 11.6 Å². The average Bonchev–Trinajstić information content (AvgIpc) is 2.56. The summed E-state index contributed by atoms with van der Waals surface area (Å²) in [6.45, 7) is 1.74. The van der Waals surface area contributed by atoms with Crippen molar-refractivity contribution in [2.24, 2.45) is 0 Å². The fraction of sp³-hybridized carbons (Fsp3) is 0.316. The van der Waals surface area contributed by atoms with E-state index in [4.69, 9.17) is 0 Å². The van der Waals surface area contributed by atoms with Crippen LogP contribution in [0.5, 0.6) is 0 Å². The van der Waals surface area contributed by atoms with Gasteiger partial charge in [0, 0.05) is 12.8 Å². The molecule has 0 radical (unpaired) electrons. The lowest BCUT2D eigenvalue weighted by Gasteiger charge is -2.20. The van der Waals surface area contributed by atoms with Crippen LogP contribution < -0.4 is 5.32 Å². The van der Waals surface area contributed by atoms with E-state index in [1.807, 2.05) is 30.3 Å². The zero-order valence-electron chi connectivity index (χ0n) is 13.5. The molecule has 2 unspecified atom stereocenters. The molecule has 24 heavy (non-hydrogen) atoms. The molecule has 2 aromatic rings. The maximum atomic E-state index is 13.1. The second kappa shape index (κ2) is 8.55. The van der Waals surface area contributed by atoms with Crippen LogP contribution in [0.2, 0.25) is 0 Å². The van der Waals surface area contributed by atoms with Crippen molar-refractivity contribution in [2.75, 3.05) is 0 Å². The number of hydrogen-bond acceptors (Lipinski definition) is 2. The predicted octanol–water partition coefficient (Wildman–Crippen LogP) is 3.01. The maximum absolute atomic E-state index is 13.1. The number of aliphatic hydroxyl groups excluding tert-OH is 1. The Bertz CT molecular complexity index is 676. The van der Waals surface area contributed by atoms with Crippen molar-refractivity contribution in [3.05, 3.63) is 71.3 Å². The number of nitrogens with one attached hydrogen (secondary N) is 1. The Labute approximate surface area is 140 Å². The molecule has 2 rings (SSSR count). The van der Waals surface area contributed by atoms with Crippen molar-refractivity contribution in [3.63, 3.8) is 0 Å². The Balaban J connectivity index is 1.79. The van der Waals surface area contributed by atoms with Crippen LogP contribution >= 0.6 is 0 Å². The van der Waals surface area contributed by atoms with Gasteiger partial charge in [-0.25, -0.2) is 8.78 Å². The van der Waals surface area contributed by atoms with Crippen LogP contribution in [0.15, 0.2) is 48.5 Å². The second-order valence-electron chi connectivity index (χ2n) is 5.86. The molecule has 0 heterocycles. The van der Waals surface area contributed by atoms with Crippen LogP contribution in [0.1, 0.15) is 24.5 Å². The SMILES string of the molecule is CC(NC(=O)CCc1ccc(F)c(F)c1)C(O)Cc1ccccc1. The minimum absolute atomic E-state index is 0.146. The third-order valence-corrected chi connectivity index (χ3v) is 3.88. The molecule has 0 fully saturated rings. The topological polar surface area (TPSA) is 49.3 Å². The van der Waals surface area contributed by atoms with Crippen LogP contribution in [0.25, 0.3) is 0 Å². The highest BCUT2D eigenvalue weighted by molar-refractivity contribution is 5.76. The van der Waals surface area contributed by atoms with E-state index < -0.39 is 23.8 Å². The largest absolute Gasteiger partial charge is 0.391 e. The third kappa shape index (κ3) is 5.42. The minimum atomic E-state index is -0.917. The molecule has 5 heteroatoms. The number of halogens is 2. The highest BCUT2D eigenvalue weighted by Gasteiger charge is 2.17. The molecule has 1 amide bonds. The summed E-state index contributed by atoms with van der Waals surface area (Å²) < 4.78 is 26.0. The van der Waals surface area contributed by atoms with Gasteiger partial charge in [0.05, 0.1) is 12.1 Å². The summed E-state index contributed by atoms with van der Waals surface area (Å²) in [6.07, 6.45) is 0.211. The minimum Gasteiger partial charge on any atom is -0.391 e. The first-order chi connectivity index (χ1) is 11.5. The number of aryl methyl sites for hydroxylation is 1. The molecule has 0 bridgehead atoms. The highest BCUT2D eigenvalue weighted by atomic mass is 19.2. The quantitative estimate of drug-likeness (QED) is 0.818. The lowest BCUT2D eigenvalue weighted by molar-refractivity contribution is -0.122. The van der Waals surface area contributed by atoms with Gasteiger partial charge in [-0.15, -0.1) is 0 Å². The number of amides is 1. The molecule has 0 saturated carbocycles. The fourth-order valence-electron chi connectivity index (χ4n) is 2.41. The Morgan fingerprint density at radius 1 is 1.08 bits per heavy atom. The van der Waals surface area contributed by atoms with Crippen molar-refractivity contribution in [2.45, 2.75) is 38.3 Å². The van der Waals surface area contributed by atoms with E-state index in [0.29, 0.717) is 18.4 Å². The molecule has 128 valence electrons. The first kappa shape index (κ1) is 18.1. The molecule has 2 atom stereocenters. The summed E-state index contributed by atoms with van der Waals surface area (Å²) in [4.78, 5) is 11.9. The number of hydrogen-bond donors (Lipinski definition) is 2. The summed E-state index contributed by atoms with van der Waals surface area (Å²) in [5.41, 5.74) is 1.55. The molecule has 0 aromatic heterocycles. The third-order valence-electron chi connectivity index (χ3n) is 3.88. The molecule has 0 aliphatic rings. The van der Waals surface area contributed by atoms with E-state index in [2.05, 4.69) is 5.32 Å². The van der Waals surface area contributed by atoms with Gasteiger partial charge in [0.1, 0.15) is 0 Å². The van der Waals surface area contributed by atoms with Crippen LogP contribution in [-0.4, -0.2) is 23.2 Å². The summed E-state index contributed by atoms with van der Waals surface area (Å²) >= 11 is 0. The zero-order chi connectivity index (χ0) is 17.5. The van der Waals surface area contributed by atoms with Crippen molar-refractivity contribution >= 4 is 5.91 Å². The molecule has 2 N–H and O–H groups in total. The molecule has 0 spiro atoms. The number of carbonyl (C=O) groups is 1. The smallest absolute Gasteiger partial charge is 0.220 e. The van der Waals surface area contributed by atoms with Gasteiger partial charge in [-0.2, -0.15) is 0 Å². The number of benzene rings is 2. The van der Waals surface area contributed by atoms with Gasteiger partial charge < -0.3 is 10.4 Å². The van der Waals surface area contributed by atoms with Crippen LogP contribution in [0.3, 0.4) is 0 Å². The molecule has 0 aliphatic heterocycles. The fourth-order valence-corrected chi connectivity index (χ4v) is 2.41. The first-order valence-electron chi connectivity index (χ1n) is 7.91. The van der Waals surface area contributed by atoms with Crippen molar-refractivity contribution in [3.8, 4) is 0 Å². The van der Waals surface area contributed by atoms with Gasteiger partial charge in [-0.1, -0.05) is 36.4 Å². The summed E-state index contributed by atoms with van der Waals surface area (Å²) in [5, 5.41) is 12.9. The van der Waals surface area contributed by atoms with Crippen LogP contribution in [0.4, 0.5) is 8.78 Å². The average molecular weight is 333 g/mol. The molecule has 2 aromatic carbocycles. The monoisotopic (exact) mass is 333 g/mol. The van der Waals surface area contributed by atoms with Crippen molar-refractivity contribution < 1.29 is 18.7 Å². The van der Waals surface area contributed by atoms with Crippen LogP contribution in [-0.2, 0) is 17.6 Å². The molecule has 0 saturated heterocycles. The van der Waals surface area contributed by atoms with Gasteiger partial charge in [0.25, 0.3) is 0 Å². The lowest BCUT2D eigenvalue weighted by atomic mass is 10.0. The van der Waals surface area contributed by atoms with E-state index in [-0.39, 0.29) is 12.3 Å². The van der Waals surface area contributed by atoms with E-state index in [9.17, 15) is 18.7 Å².